The fourth-order valence-corrected chi connectivity index (χ4v) is 1.13. The molecule has 0 aromatic rings. The zero-order chi connectivity index (χ0) is 6.57. The summed E-state index contributed by atoms with van der Waals surface area (Å²) in [5.41, 5.74) is 0. The second kappa shape index (κ2) is 4.37. The van der Waals surface area contributed by atoms with Crippen LogP contribution in [0, 0.1) is 0 Å². The largest absolute Gasteiger partial charge is 0.345 e. The molecule has 1 N–H and O–H groups in total. The van der Waals surface area contributed by atoms with Gasteiger partial charge in [0.25, 0.3) is 0 Å². The van der Waals surface area contributed by atoms with E-state index in [-0.39, 0.29) is 0 Å². The van der Waals surface area contributed by atoms with Gasteiger partial charge in [0, 0.05) is 0 Å². The summed E-state index contributed by atoms with van der Waals surface area (Å²) in [6.07, 6.45) is 1.50. The molecule has 50 valence electrons. The molecule has 0 aromatic carbocycles. The summed E-state index contributed by atoms with van der Waals surface area (Å²) in [7, 11) is -2.46. The molecule has 0 aliphatic rings. The lowest BCUT2D eigenvalue weighted by Gasteiger charge is -1.99. The molecule has 0 fully saturated rings. The van der Waals surface area contributed by atoms with Crippen LogP contribution < -0.4 is 0 Å². The van der Waals surface area contributed by atoms with Crippen molar-refractivity contribution < 1.29 is 9.46 Å². The minimum absolute atomic E-state index is 0.509. The van der Waals surface area contributed by atoms with Crippen LogP contribution >= 0.6 is 19.6 Å². The number of hydrogen-bond donors (Lipinski definition) is 1. The molecule has 0 radical (unpaired) electrons. The van der Waals surface area contributed by atoms with Crippen molar-refractivity contribution in [1.82, 2.24) is 0 Å². The Hall–Kier alpha value is 0.480. The van der Waals surface area contributed by atoms with E-state index in [2.05, 4.69) is 0 Å². The minimum atomic E-state index is -2.46. The molecule has 0 aromatic heterocycles. The number of alkyl halides is 1. The van der Waals surface area contributed by atoms with E-state index in [1.807, 2.05) is 6.92 Å². The van der Waals surface area contributed by atoms with Crippen LogP contribution in [0.1, 0.15) is 19.8 Å². The average Bonchev–Trinajstić information content (AvgIpc) is 1.67. The Bertz CT molecular complexity index is 86.1. The highest BCUT2D eigenvalue weighted by molar-refractivity contribution is 7.41. The van der Waals surface area contributed by atoms with Crippen LogP contribution in [0.25, 0.3) is 0 Å². The van der Waals surface area contributed by atoms with Gasteiger partial charge in [-0.25, -0.2) is 0 Å². The first-order valence-corrected chi connectivity index (χ1v) is 4.42. The molecule has 2 nitrogen and oxygen atoms in total. The van der Waals surface area contributed by atoms with Gasteiger partial charge in [-0.15, -0.1) is 11.6 Å². The molecule has 0 heterocycles. The predicted octanol–water partition coefficient (Wildman–Crippen LogP) is 1.82. The van der Waals surface area contributed by atoms with Gasteiger partial charge in [0.05, 0.1) is 0 Å². The van der Waals surface area contributed by atoms with Crippen LogP contribution in [-0.4, -0.2) is 10.0 Å². The first kappa shape index (κ1) is 8.48. The zero-order valence-corrected chi connectivity index (χ0v) is 6.48. The van der Waals surface area contributed by atoms with Crippen LogP contribution in [0.4, 0.5) is 0 Å². The predicted molar refractivity (Wildman–Crippen MR) is 35.8 cm³/mol. The van der Waals surface area contributed by atoms with Gasteiger partial charge in [0.15, 0.2) is 0 Å². The molecular formula is C4H10ClO2P. The van der Waals surface area contributed by atoms with Gasteiger partial charge in [-0.1, -0.05) is 13.3 Å². The van der Waals surface area contributed by atoms with E-state index in [1.54, 1.807) is 0 Å². The third-order valence-electron chi connectivity index (χ3n) is 0.810. The summed E-state index contributed by atoms with van der Waals surface area (Å²) < 4.78 is 10.1. The number of hydrogen-bond acceptors (Lipinski definition) is 1. The maximum atomic E-state index is 10.1. The smallest absolute Gasteiger partial charge is 0.206 e. The Kier molecular flexibility index (Phi) is 4.63. The van der Waals surface area contributed by atoms with Crippen molar-refractivity contribution in [2.45, 2.75) is 24.9 Å². The third-order valence-corrected chi connectivity index (χ3v) is 2.41. The minimum Gasteiger partial charge on any atom is -0.345 e. The molecule has 2 unspecified atom stereocenters. The van der Waals surface area contributed by atoms with Crippen LogP contribution in [0.15, 0.2) is 0 Å². The maximum Gasteiger partial charge on any atom is 0.206 e. The van der Waals surface area contributed by atoms with Crippen molar-refractivity contribution >= 4 is 19.6 Å². The zero-order valence-electron chi connectivity index (χ0n) is 4.72. The van der Waals surface area contributed by atoms with E-state index in [0.717, 1.165) is 6.42 Å². The van der Waals surface area contributed by atoms with Gasteiger partial charge in [-0.3, -0.25) is 4.57 Å². The Labute approximate surface area is 54.7 Å². The fraction of sp³-hybridized carbons (Fsp3) is 1.00. The van der Waals surface area contributed by atoms with Crippen LogP contribution in [0.2, 0.25) is 0 Å². The summed E-state index contributed by atoms with van der Waals surface area (Å²) in [4.78, 5) is 8.37. The summed E-state index contributed by atoms with van der Waals surface area (Å²) in [6, 6.07) is 0. The number of rotatable bonds is 3. The lowest BCUT2D eigenvalue weighted by molar-refractivity contribution is 0.496. The van der Waals surface area contributed by atoms with Crippen molar-refractivity contribution in [1.29, 1.82) is 0 Å². The number of halogens is 1. The Morgan fingerprint density at radius 1 is 1.88 bits per heavy atom. The van der Waals surface area contributed by atoms with Gasteiger partial charge < -0.3 is 4.89 Å². The first-order chi connectivity index (χ1) is 3.68. The normalized spacial score (nSPS) is 17.9. The van der Waals surface area contributed by atoms with Gasteiger partial charge in [0.2, 0.25) is 8.03 Å². The van der Waals surface area contributed by atoms with E-state index in [4.69, 9.17) is 16.5 Å². The molecule has 0 saturated carbocycles. The second-order valence-electron chi connectivity index (χ2n) is 1.59. The molecule has 0 rings (SSSR count). The lowest BCUT2D eigenvalue weighted by atomic mass is 10.4. The van der Waals surface area contributed by atoms with E-state index < -0.39 is 13.1 Å². The molecule has 0 amide bonds. The molecule has 8 heavy (non-hydrogen) atoms. The van der Waals surface area contributed by atoms with E-state index in [9.17, 15) is 4.57 Å². The molecule has 0 bridgehead atoms. The monoisotopic (exact) mass is 156 g/mol. The highest BCUT2D eigenvalue weighted by atomic mass is 35.5. The molecular weight excluding hydrogens is 146 g/mol. The summed E-state index contributed by atoms with van der Waals surface area (Å²) in [5, 5.41) is -0.509. The van der Waals surface area contributed by atoms with Crippen molar-refractivity contribution in [3.05, 3.63) is 0 Å². The highest BCUT2D eigenvalue weighted by Gasteiger charge is 2.06. The third kappa shape index (κ3) is 3.48. The topological polar surface area (TPSA) is 37.3 Å². The summed E-state index contributed by atoms with van der Waals surface area (Å²) in [6.45, 7) is 1.93. The fourth-order valence-electron chi connectivity index (χ4n) is 0.377. The van der Waals surface area contributed by atoms with Gasteiger partial charge in [-0.2, -0.15) is 0 Å². The van der Waals surface area contributed by atoms with Crippen molar-refractivity contribution in [3.8, 4) is 0 Å². The maximum absolute atomic E-state index is 10.1. The molecule has 0 aliphatic carbocycles. The summed E-state index contributed by atoms with van der Waals surface area (Å²) >= 11 is 5.40. The summed E-state index contributed by atoms with van der Waals surface area (Å²) in [5.74, 6) is 0. The molecule has 0 aliphatic heterocycles. The SMILES string of the molecule is CCCC(Cl)[PH](=O)O. The van der Waals surface area contributed by atoms with Crippen LogP contribution in [0.5, 0.6) is 0 Å². The van der Waals surface area contributed by atoms with Crippen molar-refractivity contribution in [2.75, 3.05) is 0 Å². The van der Waals surface area contributed by atoms with Gasteiger partial charge in [0.1, 0.15) is 5.12 Å². The van der Waals surface area contributed by atoms with E-state index in [0.29, 0.717) is 6.42 Å². The molecule has 2 atom stereocenters. The Morgan fingerprint density at radius 3 is 2.50 bits per heavy atom. The van der Waals surface area contributed by atoms with Crippen LogP contribution in [-0.2, 0) is 4.57 Å². The van der Waals surface area contributed by atoms with Crippen molar-refractivity contribution in [2.24, 2.45) is 0 Å². The Balaban J connectivity index is 3.32. The average molecular weight is 157 g/mol. The molecule has 4 heteroatoms. The van der Waals surface area contributed by atoms with Crippen LogP contribution in [0.3, 0.4) is 0 Å². The molecule has 0 spiro atoms. The molecule has 0 saturated heterocycles. The quantitative estimate of drug-likeness (QED) is 0.500. The van der Waals surface area contributed by atoms with Gasteiger partial charge >= 0.3 is 0 Å². The second-order valence-corrected chi connectivity index (χ2v) is 3.86. The standard InChI is InChI=1S/C4H10ClO2P/c1-2-3-4(5)8(6)7/h4,8H,2-3H2,1H3,(H,6,7). The van der Waals surface area contributed by atoms with Crippen molar-refractivity contribution in [3.63, 3.8) is 0 Å². The Morgan fingerprint density at radius 2 is 2.38 bits per heavy atom. The lowest BCUT2D eigenvalue weighted by Crippen LogP contribution is -1.88. The first-order valence-electron chi connectivity index (χ1n) is 2.55. The van der Waals surface area contributed by atoms with E-state index >= 15 is 0 Å². The van der Waals surface area contributed by atoms with Gasteiger partial charge in [-0.05, 0) is 6.42 Å². The highest BCUT2D eigenvalue weighted by Crippen LogP contribution is 2.29. The van der Waals surface area contributed by atoms with E-state index in [1.165, 1.54) is 0 Å².